The van der Waals surface area contributed by atoms with Gasteiger partial charge in [0.1, 0.15) is 12.4 Å². The third-order valence-corrected chi connectivity index (χ3v) is 3.36. The van der Waals surface area contributed by atoms with Gasteiger partial charge in [0.05, 0.1) is 6.61 Å². The molecule has 0 saturated carbocycles. The highest BCUT2D eigenvalue weighted by Crippen LogP contribution is 2.20. The van der Waals surface area contributed by atoms with Crippen LogP contribution in [0.3, 0.4) is 0 Å². The number of ether oxygens (including phenoxy) is 2. The van der Waals surface area contributed by atoms with Crippen LogP contribution in [0, 0.1) is 0 Å². The highest BCUT2D eigenvalue weighted by Gasteiger charge is 2.16. The van der Waals surface area contributed by atoms with Gasteiger partial charge in [0, 0.05) is 44.9 Å². The van der Waals surface area contributed by atoms with Crippen molar-refractivity contribution in [3.05, 3.63) is 29.8 Å². The van der Waals surface area contributed by atoms with Gasteiger partial charge in [0.15, 0.2) is 0 Å². The minimum atomic E-state index is 0. The van der Waals surface area contributed by atoms with Crippen molar-refractivity contribution in [2.45, 2.75) is 19.5 Å². The van der Waals surface area contributed by atoms with E-state index in [2.05, 4.69) is 29.3 Å². The van der Waals surface area contributed by atoms with Crippen LogP contribution in [0.5, 0.6) is 5.75 Å². The van der Waals surface area contributed by atoms with Crippen LogP contribution < -0.4 is 10.1 Å². The van der Waals surface area contributed by atoms with Gasteiger partial charge in [-0.15, -0.1) is 12.4 Å². The third-order valence-electron chi connectivity index (χ3n) is 3.36. The number of halogens is 1. The maximum Gasteiger partial charge on any atom is 0.123 e. The summed E-state index contributed by atoms with van der Waals surface area (Å²) in [6.45, 7) is 7.66. The average Bonchev–Trinajstić information content (AvgIpc) is 2.41. The van der Waals surface area contributed by atoms with Crippen molar-refractivity contribution < 1.29 is 9.47 Å². The molecule has 1 saturated heterocycles. The number of para-hydroxylation sites is 1. The van der Waals surface area contributed by atoms with E-state index in [4.69, 9.17) is 9.47 Å². The number of hydrogen-bond donors (Lipinski definition) is 1. The summed E-state index contributed by atoms with van der Waals surface area (Å²) in [6.07, 6.45) is 0. The standard InChI is InChI=1S/C15H24N2O2.ClH/c1-13-11-17(8-7-16-13)12-14-5-3-4-6-15(14)19-10-9-18-2;/h3-6,13,16H,7-12H2,1-2H3;1H/t13-;/m0./s1. The maximum atomic E-state index is 5.78. The Labute approximate surface area is 127 Å². The molecule has 0 aromatic heterocycles. The molecule has 1 heterocycles. The summed E-state index contributed by atoms with van der Waals surface area (Å²) in [4.78, 5) is 2.47. The lowest BCUT2D eigenvalue weighted by atomic mass is 10.1. The van der Waals surface area contributed by atoms with Gasteiger partial charge < -0.3 is 14.8 Å². The molecule has 1 aliphatic rings. The number of nitrogens with one attached hydrogen (secondary N) is 1. The van der Waals surface area contributed by atoms with Crippen molar-refractivity contribution in [3.8, 4) is 5.75 Å². The lowest BCUT2D eigenvalue weighted by Crippen LogP contribution is -2.48. The molecule has 1 N–H and O–H groups in total. The summed E-state index contributed by atoms with van der Waals surface area (Å²) in [5.41, 5.74) is 1.26. The van der Waals surface area contributed by atoms with Crippen LogP contribution in [-0.4, -0.2) is 50.9 Å². The molecular weight excluding hydrogens is 276 g/mol. The Morgan fingerprint density at radius 3 is 2.85 bits per heavy atom. The van der Waals surface area contributed by atoms with E-state index in [9.17, 15) is 0 Å². The minimum Gasteiger partial charge on any atom is -0.491 e. The molecule has 1 aromatic carbocycles. The van der Waals surface area contributed by atoms with Gasteiger partial charge >= 0.3 is 0 Å². The van der Waals surface area contributed by atoms with Crippen LogP contribution in [0.15, 0.2) is 24.3 Å². The predicted octanol–water partition coefficient (Wildman–Crippen LogP) is 1.93. The van der Waals surface area contributed by atoms with E-state index < -0.39 is 0 Å². The molecular formula is C15H25ClN2O2. The van der Waals surface area contributed by atoms with Crippen LogP contribution in [0.2, 0.25) is 0 Å². The van der Waals surface area contributed by atoms with Gasteiger partial charge in [-0.25, -0.2) is 0 Å². The first kappa shape index (κ1) is 17.2. The smallest absolute Gasteiger partial charge is 0.123 e. The first-order chi connectivity index (χ1) is 9.29. The lowest BCUT2D eigenvalue weighted by molar-refractivity contribution is 0.144. The molecule has 2 rings (SSSR count). The van der Waals surface area contributed by atoms with Crippen molar-refractivity contribution in [3.63, 3.8) is 0 Å². The topological polar surface area (TPSA) is 33.7 Å². The van der Waals surface area contributed by atoms with E-state index in [-0.39, 0.29) is 12.4 Å². The predicted molar refractivity (Wildman–Crippen MR) is 83.8 cm³/mol. The van der Waals surface area contributed by atoms with Gasteiger partial charge in [-0.05, 0) is 13.0 Å². The normalized spacial score (nSPS) is 19.4. The quantitative estimate of drug-likeness (QED) is 0.814. The molecule has 1 fully saturated rings. The van der Waals surface area contributed by atoms with Crippen molar-refractivity contribution >= 4 is 12.4 Å². The van der Waals surface area contributed by atoms with Gasteiger partial charge in [-0.2, -0.15) is 0 Å². The molecule has 4 nitrogen and oxygen atoms in total. The Kier molecular flexibility index (Phi) is 7.92. The molecule has 0 aliphatic carbocycles. The van der Waals surface area contributed by atoms with Gasteiger partial charge in [0.25, 0.3) is 0 Å². The molecule has 0 radical (unpaired) electrons. The van der Waals surface area contributed by atoms with E-state index in [1.54, 1.807) is 7.11 Å². The first-order valence-corrected chi connectivity index (χ1v) is 6.95. The number of piperazine rings is 1. The van der Waals surface area contributed by atoms with E-state index in [0.29, 0.717) is 19.3 Å². The fourth-order valence-corrected chi connectivity index (χ4v) is 2.41. The molecule has 114 valence electrons. The van der Waals surface area contributed by atoms with Crippen LogP contribution in [0.1, 0.15) is 12.5 Å². The Bertz CT molecular complexity index is 390. The molecule has 5 heteroatoms. The highest BCUT2D eigenvalue weighted by molar-refractivity contribution is 5.85. The molecule has 1 aliphatic heterocycles. The van der Waals surface area contributed by atoms with Gasteiger partial charge in [0.2, 0.25) is 0 Å². The monoisotopic (exact) mass is 300 g/mol. The maximum absolute atomic E-state index is 5.78. The molecule has 20 heavy (non-hydrogen) atoms. The zero-order chi connectivity index (χ0) is 13.5. The second-order valence-electron chi connectivity index (χ2n) is 5.04. The van der Waals surface area contributed by atoms with Crippen molar-refractivity contribution in [2.75, 3.05) is 40.0 Å². The Balaban J connectivity index is 0.00000200. The van der Waals surface area contributed by atoms with Crippen LogP contribution >= 0.6 is 12.4 Å². The summed E-state index contributed by atoms with van der Waals surface area (Å²) in [5, 5.41) is 3.46. The zero-order valence-corrected chi connectivity index (χ0v) is 13.1. The third kappa shape index (κ3) is 5.29. The molecule has 1 atom stereocenters. The fourth-order valence-electron chi connectivity index (χ4n) is 2.41. The van der Waals surface area contributed by atoms with Gasteiger partial charge in [-0.3, -0.25) is 4.90 Å². The fraction of sp³-hybridized carbons (Fsp3) is 0.600. The number of nitrogens with zero attached hydrogens (tertiary/aromatic N) is 1. The summed E-state index contributed by atoms with van der Waals surface area (Å²) in [6, 6.07) is 8.84. The molecule has 0 spiro atoms. The van der Waals surface area contributed by atoms with Gasteiger partial charge in [-0.1, -0.05) is 18.2 Å². The Hall–Kier alpha value is -0.810. The number of benzene rings is 1. The van der Waals surface area contributed by atoms with Crippen molar-refractivity contribution in [1.82, 2.24) is 10.2 Å². The Morgan fingerprint density at radius 1 is 1.30 bits per heavy atom. The minimum absolute atomic E-state index is 0. The number of rotatable bonds is 6. The highest BCUT2D eigenvalue weighted by atomic mass is 35.5. The summed E-state index contributed by atoms with van der Waals surface area (Å²) < 4.78 is 10.8. The van der Waals surface area contributed by atoms with Crippen LogP contribution in [0.25, 0.3) is 0 Å². The summed E-state index contributed by atoms with van der Waals surface area (Å²) in [5.74, 6) is 0.978. The molecule has 0 amide bonds. The summed E-state index contributed by atoms with van der Waals surface area (Å²) in [7, 11) is 1.69. The van der Waals surface area contributed by atoms with Crippen LogP contribution in [-0.2, 0) is 11.3 Å². The van der Waals surface area contributed by atoms with E-state index in [1.807, 2.05) is 12.1 Å². The molecule has 0 bridgehead atoms. The van der Waals surface area contributed by atoms with Crippen molar-refractivity contribution in [1.29, 1.82) is 0 Å². The summed E-state index contributed by atoms with van der Waals surface area (Å²) >= 11 is 0. The SMILES string of the molecule is COCCOc1ccccc1CN1CCN[C@@H](C)C1.Cl. The number of methoxy groups -OCH3 is 1. The zero-order valence-electron chi connectivity index (χ0n) is 12.3. The first-order valence-electron chi connectivity index (χ1n) is 6.95. The Morgan fingerprint density at radius 2 is 2.10 bits per heavy atom. The second kappa shape index (κ2) is 9.19. The number of hydrogen-bond acceptors (Lipinski definition) is 4. The van der Waals surface area contributed by atoms with E-state index in [0.717, 1.165) is 31.9 Å². The lowest BCUT2D eigenvalue weighted by Gasteiger charge is -2.32. The molecule has 1 aromatic rings. The van der Waals surface area contributed by atoms with Crippen LogP contribution in [0.4, 0.5) is 0 Å². The molecule has 0 unspecified atom stereocenters. The van der Waals surface area contributed by atoms with Crippen molar-refractivity contribution in [2.24, 2.45) is 0 Å². The van der Waals surface area contributed by atoms with E-state index >= 15 is 0 Å². The largest absolute Gasteiger partial charge is 0.491 e. The second-order valence-corrected chi connectivity index (χ2v) is 5.04. The van der Waals surface area contributed by atoms with E-state index in [1.165, 1.54) is 5.56 Å². The average molecular weight is 301 g/mol.